The van der Waals surface area contributed by atoms with Gasteiger partial charge in [0.25, 0.3) is 0 Å². The summed E-state index contributed by atoms with van der Waals surface area (Å²) in [4.78, 5) is 0. The van der Waals surface area contributed by atoms with Crippen molar-refractivity contribution in [2.45, 2.75) is 18.9 Å². The van der Waals surface area contributed by atoms with Gasteiger partial charge in [0, 0.05) is 12.8 Å². The van der Waals surface area contributed by atoms with Crippen molar-refractivity contribution in [2.75, 3.05) is 19.0 Å². The molecule has 0 fully saturated rings. The first-order valence-electron chi connectivity index (χ1n) is 4.58. The molecule has 0 bridgehead atoms. The van der Waals surface area contributed by atoms with Crippen molar-refractivity contribution in [2.24, 2.45) is 0 Å². The molecule has 0 saturated carbocycles. The maximum Gasteiger partial charge on any atom is 0.0693 e. The van der Waals surface area contributed by atoms with Crippen LogP contribution >= 0.6 is 0 Å². The average molecular weight is 177 g/mol. The lowest BCUT2D eigenvalue weighted by molar-refractivity contribution is 0.153. The first-order chi connectivity index (χ1) is 6.23. The fourth-order valence-electron chi connectivity index (χ4n) is 1.99. The molecule has 1 atom stereocenters. The number of methoxy groups -OCH3 is 1. The third kappa shape index (κ3) is 1.54. The number of nitrogens with one attached hydrogen (secondary N) is 1. The molecule has 0 aliphatic carbocycles. The van der Waals surface area contributed by atoms with Crippen molar-refractivity contribution in [3.05, 3.63) is 29.8 Å². The molecular weight excluding hydrogens is 162 g/mol. The smallest absolute Gasteiger partial charge is 0.0693 e. The Bertz CT molecular complexity index is 284. The maximum absolute atomic E-state index is 5.20. The number of benzene rings is 1. The molecule has 0 spiro atoms. The SMILES string of the molecule is COCC1(C)Cc2ccccc2N1. The molecule has 0 amide bonds. The van der Waals surface area contributed by atoms with E-state index in [1.807, 2.05) is 0 Å². The summed E-state index contributed by atoms with van der Waals surface area (Å²) in [6.45, 7) is 2.94. The normalized spacial score (nSPS) is 25.4. The van der Waals surface area contributed by atoms with Gasteiger partial charge in [0.1, 0.15) is 0 Å². The molecule has 0 saturated heterocycles. The minimum atomic E-state index is 0.0818. The van der Waals surface area contributed by atoms with Gasteiger partial charge in [-0.2, -0.15) is 0 Å². The van der Waals surface area contributed by atoms with Gasteiger partial charge in [-0.05, 0) is 25.0 Å². The molecule has 0 radical (unpaired) electrons. The van der Waals surface area contributed by atoms with E-state index in [0.717, 1.165) is 13.0 Å². The molecule has 13 heavy (non-hydrogen) atoms. The van der Waals surface area contributed by atoms with Crippen LogP contribution in [-0.2, 0) is 11.2 Å². The summed E-state index contributed by atoms with van der Waals surface area (Å²) >= 11 is 0. The van der Waals surface area contributed by atoms with Crippen molar-refractivity contribution < 1.29 is 4.74 Å². The highest BCUT2D eigenvalue weighted by Gasteiger charge is 2.31. The first kappa shape index (κ1) is 8.57. The van der Waals surface area contributed by atoms with Crippen molar-refractivity contribution in [1.82, 2.24) is 0 Å². The number of fused-ring (bicyclic) bond motifs is 1. The Hall–Kier alpha value is -1.02. The zero-order valence-electron chi connectivity index (χ0n) is 8.13. The summed E-state index contributed by atoms with van der Waals surface area (Å²) in [5, 5.41) is 3.49. The second-order valence-corrected chi connectivity index (χ2v) is 3.95. The van der Waals surface area contributed by atoms with Crippen LogP contribution in [0.15, 0.2) is 24.3 Å². The predicted molar refractivity (Wildman–Crippen MR) is 54.0 cm³/mol. The first-order valence-corrected chi connectivity index (χ1v) is 4.58. The van der Waals surface area contributed by atoms with Gasteiger partial charge >= 0.3 is 0 Å². The van der Waals surface area contributed by atoms with Crippen LogP contribution in [0.3, 0.4) is 0 Å². The topological polar surface area (TPSA) is 21.3 Å². The van der Waals surface area contributed by atoms with E-state index in [1.165, 1.54) is 11.3 Å². The Labute approximate surface area is 78.9 Å². The highest BCUT2D eigenvalue weighted by atomic mass is 16.5. The lowest BCUT2D eigenvalue weighted by Gasteiger charge is -2.23. The zero-order chi connectivity index (χ0) is 9.31. The monoisotopic (exact) mass is 177 g/mol. The van der Waals surface area contributed by atoms with E-state index in [4.69, 9.17) is 4.74 Å². The standard InChI is InChI=1S/C11H15NO/c1-11(8-13-2)7-9-5-3-4-6-10(9)12-11/h3-6,12H,7-8H2,1-2H3. The second-order valence-electron chi connectivity index (χ2n) is 3.95. The average Bonchev–Trinajstić information content (AvgIpc) is 2.40. The Morgan fingerprint density at radius 1 is 1.46 bits per heavy atom. The van der Waals surface area contributed by atoms with E-state index in [-0.39, 0.29) is 5.54 Å². The van der Waals surface area contributed by atoms with E-state index in [9.17, 15) is 0 Å². The van der Waals surface area contributed by atoms with Crippen LogP contribution in [0.2, 0.25) is 0 Å². The Morgan fingerprint density at radius 3 is 2.92 bits per heavy atom. The number of hydrogen-bond acceptors (Lipinski definition) is 2. The summed E-state index contributed by atoms with van der Waals surface area (Å²) in [6, 6.07) is 8.43. The van der Waals surface area contributed by atoms with Crippen LogP contribution < -0.4 is 5.32 Å². The largest absolute Gasteiger partial charge is 0.382 e. The Morgan fingerprint density at radius 2 is 2.23 bits per heavy atom. The van der Waals surface area contributed by atoms with Crippen molar-refractivity contribution in [3.63, 3.8) is 0 Å². The number of rotatable bonds is 2. The van der Waals surface area contributed by atoms with Crippen LogP contribution in [0.5, 0.6) is 0 Å². The fourth-order valence-corrected chi connectivity index (χ4v) is 1.99. The number of hydrogen-bond donors (Lipinski definition) is 1. The summed E-state index contributed by atoms with van der Waals surface area (Å²) in [5.74, 6) is 0. The van der Waals surface area contributed by atoms with Gasteiger partial charge in [0.05, 0.1) is 12.1 Å². The molecule has 2 nitrogen and oxygen atoms in total. The minimum absolute atomic E-state index is 0.0818. The zero-order valence-corrected chi connectivity index (χ0v) is 8.13. The molecule has 1 aliphatic rings. The van der Waals surface area contributed by atoms with Crippen molar-refractivity contribution >= 4 is 5.69 Å². The third-order valence-electron chi connectivity index (χ3n) is 2.50. The molecule has 1 unspecified atom stereocenters. The van der Waals surface area contributed by atoms with Crippen LogP contribution in [0.1, 0.15) is 12.5 Å². The molecule has 2 rings (SSSR count). The van der Waals surface area contributed by atoms with Gasteiger partial charge in [-0.25, -0.2) is 0 Å². The number of para-hydroxylation sites is 1. The van der Waals surface area contributed by atoms with E-state index >= 15 is 0 Å². The van der Waals surface area contributed by atoms with Gasteiger partial charge in [-0.1, -0.05) is 18.2 Å². The van der Waals surface area contributed by atoms with Gasteiger partial charge in [0.2, 0.25) is 0 Å². The number of anilines is 1. The lowest BCUT2D eigenvalue weighted by atomic mass is 9.99. The molecule has 1 heterocycles. The summed E-state index contributed by atoms with van der Waals surface area (Å²) in [7, 11) is 1.75. The molecule has 0 aromatic heterocycles. The quantitative estimate of drug-likeness (QED) is 0.746. The highest BCUT2D eigenvalue weighted by molar-refractivity contribution is 5.58. The van der Waals surface area contributed by atoms with Gasteiger partial charge < -0.3 is 10.1 Å². The molecule has 1 aromatic rings. The van der Waals surface area contributed by atoms with E-state index in [2.05, 4.69) is 36.5 Å². The summed E-state index contributed by atoms with van der Waals surface area (Å²) in [5.41, 5.74) is 2.72. The molecule has 1 N–H and O–H groups in total. The van der Waals surface area contributed by atoms with E-state index in [0.29, 0.717) is 0 Å². The van der Waals surface area contributed by atoms with Crippen molar-refractivity contribution in [3.8, 4) is 0 Å². The molecule has 70 valence electrons. The van der Waals surface area contributed by atoms with Crippen LogP contribution in [0, 0.1) is 0 Å². The number of ether oxygens (including phenoxy) is 1. The Balaban J connectivity index is 2.21. The van der Waals surface area contributed by atoms with Crippen LogP contribution in [-0.4, -0.2) is 19.3 Å². The van der Waals surface area contributed by atoms with Gasteiger partial charge in [0.15, 0.2) is 0 Å². The second kappa shape index (κ2) is 3.04. The summed E-state index contributed by atoms with van der Waals surface area (Å²) < 4.78 is 5.20. The van der Waals surface area contributed by atoms with Gasteiger partial charge in [-0.15, -0.1) is 0 Å². The summed E-state index contributed by atoms with van der Waals surface area (Å²) in [6.07, 6.45) is 1.05. The molecule has 1 aliphatic heterocycles. The molecule has 1 aromatic carbocycles. The van der Waals surface area contributed by atoms with Crippen molar-refractivity contribution in [1.29, 1.82) is 0 Å². The predicted octanol–water partition coefficient (Wildman–Crippen LogP) is 2.06. The Kier molecular flexibility index (Phi) is 2.00. The third-order valence-corrected chi connectivity index (χ3v) is 2.50. The van der Waals surface area contributed by atoms with E-state index in [1.54, 1.807) is 7.11 Å². The molecule has 2 heteroatoms. The van der Waals surface area contributed by atoms with E-state index < -0.39 is 0 Å². The van der Waals surface area contributed by atoms with Crippen LogP contribution in [0.4, 0.5) is 5.69 Å². The lowest BCUT2D eigenvalue weighted by Crippen LogP contribution is -2.37. The molecular formula is C11H15NO. The highest BCUT2D eigenvalue weighted by Crippen LogP contribution is 2.31. The van der Waals surface area contributed by atoms with Gasteiger partial charge in [-0.3, -0.25) is 0 Å². The maximum atomic E-state index is 5.20. The minimum Gasteiger partial charge on any atom is -0.382 e. The van der Waals surface area contributed by atoms with Crippen LogP contribution in [0.25, 0.3) is 0 Å². The fraction of sp³-hybridized carbons (Fsp3) is 0.455.